The fourth-order valence-electron chi connectivity index (χ4n) is 2.92. The van der Waals surface area contributed by atoms with Crippen molar-refractivity contribution in [2.24, 2.45) is 5.16 Å². The van der Waals surface area contributed by atoms with Crippen LogP contribution in [-0.4, -0.2) is 11.7 Å². The van der Waals surface area contributed by atoms with Crippen LogP contribution in [0.5, 0.6) is 5.75 Å². The largest absolute Gasteiger partial charge is 0.487 e. The highest BCUT2D eigenvalue weighted by Crippen LogP contribution is 2.36. The van der Waals surface area contributed by atoms with E-state index in [1.807, 2.05) is 42.5 Å². The van der Waals surface area contributed by atoms with Gasteiger partial charge in [0.2, 0.25) is 0 Å². The molecule has 0 aliphatic carbocycles. The lowest BCUT2D eigenvalue weighted by atomic mass is 10.0. The van der Waals surface area contributed by atoms with Gasteiger partial charge in [-0.15, -0.1) is 0 Å². The van der Waals surface area contributed by atoms with Crippen LogP contribution in [0.4, 0.5) is 4.39 Å². The van der Waals surface area contributed by atoms with Crippen molar-refractivity contribution in [2.75, 3.05) is 0 Å². The highest BCUT2D eigenvalue weighted by atomic mass is 79.9. The molecular formula is C23H14Br2FNO3. The lowest BCUT2D eigenvalue weighted by Gasteiger charge is -2.12. The second-order valence-corrected chi connectivity index (χ2v) is 8.18. The van der Waals surface area contributed by atoms with Crippen molar-refractivity contribution in [2.45, 2.75) is 6.61 Å². The van der Waals surface area contributed by atoms with E-state index in [4.69, 9.17) is 9.57 Å². The van der Waals surface area contributed by atoms with Crippen LogP contribution in [-0.2, 0) is 16.2 Å². The number of halogens is 3. The predicted octanol–water partition coefficient (Wildman–Crippen LogP) is 6.27. The average molecular weight is 531 g/mol. The quantitative estimate of drug-likeness (QED) is 0.288. The smallest absolute Gasteiger partial charge is 0.368 e. The monoisotopic (exact) mass is 529 g/mol. The fourth-order valence-corrected chi connectivity index (χ4v) is 4.37. The predicted molar refractivity (Wildman–Crippen MR) is 120 cm³/mol. The first-order valence-electron chi connectivity index (χ1n) is 8.94. The molecule has 7 heteroatoms. The summed E-state index contributed by atoms with van der Waals surface area (Å²) >= 11 is 7.03. The molecule has 0 bridgehead atoms. The van der Waals surface area contributed by atoms with Crippen molar-refractivity contribution in [1.29, 1.82) is 0 Å². The van der Waals surface area contributed by atoms with Crippen molar-refractivity contribution in [3.63, 3.8) is 0 Å². The maximum Gasteiger partial charge on any atom is 0.368 e. The number of carbonyl (C=O) groups is 1. The molecule has 3 aromatic rings. The molecule has 0 amide bonds. The molecule has 1 aliphatic heterocycles. The van der Waals surface area contributed by atoms with Crippen LogP contribution in [0.1, 0.15) is 16.7 Å². The van der Waals surface area contributed by atoms with Crippen LogP contribution in [0.3, 0.4) is 0 Å². The summed E-state index contributed by atoms with van der Waals surface area (Å²) in [6.45, 7) is 0.287. The van der Waals surface area contributed by atoms with E-state index in [0.717, 1.165) is 16.7 Å². The summed E-state index contributed by atoms with van der Waals surface area (Å²) in [4.78, 5) is 17.1. The Balaban J connectivity index is 1.58. The van der Waals surface area contributed by atoms with E-state index in [-0.39, 0.29) is 12.4 Å². The zero-order valence-electron chi connectivity index (χ0n) is 15.4. The van der Waals surface area contributed by atoms with Crippen LogP contribution in [0.25, 0.3) is 6.08 Å². The molecule has 0 N–H and O–H groups in total. The van der Waals surface area contributed by atoms with E-state index < -0.39 is 5.97 Å². The fraction of sp³-hybridized carbons (Fsp3) is 0.0435. The SMILES string of the molecule is O=C1ON=C(c2ccccc2)/C1=C/c1cc(Br)c(OCc2ccc(F)cc2)c(Br)c1. The van der Waals surface area contributed by atoms with Crippen molar-refractivity contribution in [3.05, 3.63) is 104 Å². The maximum atomic E-state index is 13.1. The molecule has 0 saturated heterocycles. The van der Waals surface area contributed by atoms with Crippen LogP contribution in [0.2, 0.25) is 0 Å². The van der Waals surface area contributed by atoms with E-state index in [2.05, 4.69) is 37.0 Å². The molecule has 4 nitrogen and oxygen atoms in total. The molecular weight excluding hydrogens is 517 g/mol. The first-order valence-corrected chi connectivity index (χ1v) is 10.5. The number of oxime groups is 1. The van der Waals surface area contributed by atoms with E-state index in [1.165, 1.54) is 12.1 Å². The third kappa shape index (κ3) is 4.52. The third-order valence-corrected chi connectivity index (χ3v) is 5.55. The van der Waals surface area contributed by atoms with Gasteiger partial charge in [0.05, 0.1) is 14.5 Å². The Hall–Kier alpha value is -2.77. The molecule has 0 unspecified atom stereocenters. The van der Waals surface area contributed by atoms with Gasteiger partial charge >= 0.3 is 5.97 Å². The molecule has 0 fully saturated rings. The normalized spacial score (nSPS) is 14.6. The van der Waals surface area contributed by atoms with Crippen LogP contribution < -0.4 is 4.74 Å². The van der Waals surface area contributed by atoms with Crippen molar-refractivity contribution < 1.29 is 18.8 Å². The van der Waals surface area contributed by atoms with Crippen molar-refractivity contribution in [1.82, 2.24) is 0 Å². The maximum absolute atomic E-state index is 13.1. The van der Waals surface area contributed by atoms with Gasteiger partial charge in [0, 0.05) is 5.56 Å². The average Bonchev–Trinajstić information content (AvgIpc) is 3.09. The Morgan fingerprint density at radius 1 is 1.00 bits per heavy atom. The lowest BCUT2D eigenvalue weighted by Crippen LogP contribution is -2.06. The standard InChI is InChI=1S/C23H14Br2FNO3/c24-19-11-15(10-18-21(27-30-23(18)28)16-4-2-1-3-5-16)12-20(25)22(19)29-13-14-6-8-17(26)9-7-14/h1-12H,13H2/b18-10-. The second-order valence-electron chi connectivity index (χ2n) is 6.47. The van der Waals surface area contributed by atoms with E-state index in [9.17, 15) is 9.18 Å². The van der Waals surface area contributed by atoms with E-state index >= 15 is 0 Å². The highest BCUT2D eigenvalue weighted by molar-refractivity contribution is 9.11. The van der Waals surface area contributed by atoms with Crippen LogP contribution in [0, 0.1) is 5.82 Å². The number of benzene rings is 3. The first kappa shape index (κ1) is 20.5. The zero-order valence-corrected chi connectivity index (χ0v) is 18.6. The molecule has 0 atom stereocenters. The molecule has 4 rings (SSSR count). The molecule has 0 aromatic heterocycles. The molecule has 150 valence electrons. The minimum atomic E-state index is -0.502. The first-order chi connectivity index (χ1) is 14.5. The van der Waals surface area contributed by atoms with Gasteiger partial charge in [0.1, 0.15) is 23.9 Å². The summed E-state index contributed by atoms with van der Waals surface area (Å²) in [6.07, 6.45) is 1.72. The van der Waals surface area contributed by atoms with Gasteiger partial charge in [-0.1, -0.05) is 47.6 Å². The molecule has 1 heterocycles. The number of ether oxygens (including phenoxy) is 1. The van der Waals surface area contributed by atoms with Crippen LogP contribution >= 0.6 is 31.9 Å². The molecule has 0 saturated carbocycles. The number of hydrogen-bond donors (Lipinski definition) is 0. The van der Waals surface area contributed by atoms with Gasteiger partial charge in [-0.25, -0.2) is 9.18 Å². The van der Waals surface area contributed by atoms with Gasteiger partial charge in [-0.2, -0.15) is 0 Å². The highest BCUT2D eigenvalue weighted by Gasteiger charge is 2.26. The van der Waals surface area contributed by atoms with Gasteiger partial charge in [0.15, 0.2) is 0 Å². The Kier molecular flexibility index (Phi) is 6.11. The minimum Gasteiger partial charge on any atom is -0.487 e. The number of nitrogens with zero attached hydrogens (tertiary/aromatic N) is 1. The Morgan fingerprint density at radius 3 is 2.33 bits per heavy atom. The van der Waals surface area contributed by atoms with E-state index in [0.29, 0.717) is 26.0 Å². The van der Waals surface area contributed by atoms with Crippen molar-refractivity contribution in [3.8, 4) is 5.75 Å². The molecule has 3 aromatic carbocycles. The van der Waals surface area contributed by atoms with Gasteiger partial charge in [0.25, 0.3) is 0 Å². The molecule has 0 radical (unpaired) electrons. The topological polar surface area (TPSA) is 47.9 Å². The van der Waals surface area contributed by atoms with Gasteiger partial charge in [-0.05, 0) is 73.3 Å². The minimum absolute atomic E-state index is 0.287. The summed E-state index contributed by atoms with van der Waals surface area (Å²) < 4.78 is 20.3. The molecule has 30 heavy (non-hydrogen) atoms. The molecule has 0 spiro atoms. The zero-order chi connectivity index (χ0) is 21.1. The van der Waals surface area contributed by atoms with Gasteiger partial charge in [-0.3, -0.25) is 0 Å². The Morgan fingerprint density at radius 2 is 1.67 bits per heavy atom. The summed E-state index contributed by atoms with van der Waals surface area (Å²) in [5.41, 5.74) is 3.27. The molecule has 1 aliphatic rings. The summed E-state index contributed by atoms with van der Waals surface area (Å²) in [6, 6.07) is 19.2. The van der Waals surface area contributed by atoms with Crippen LogP contribution in [0.15, 0.2) is 86.4 Å². The lowest BCUT2D eigenvalue weighted by molar-refractivity contribution is -0.136. The Labute approximate surface area is 189 Å². The van der Waals surface area contributed by atoms with E-state index in [1.54, 1.807) is 18.2 Å². The summed E-state index contributed by atoms with van der Waals surface area (Å²) in [5.74, 6) is -0.187. The number of hydrogen-bond acceptors (Lipinski definition) is 4. The number of rotatable bonds is 5. The summed E-state index contributed by atoms with van der Waals surface area (Å²) in [5, 5.41) is 3.92. The van der Waals surface area contributed by atoms with Gasteiger partial charge < -0.3 is 9.57 Å². The third-order valence-electron chi connectivity index (χ3n) is 4.37. The summed E-state index contributed by atoms with van der Waals surface area (Å²) in [7, 11) is 0. The number of carbonyl (C=O) groups excluding carboxylic acids is 1. The van der Waals surface area contributed by atoms with Crippen molar-refractivity contribution >= 4 is 49.6 Å². The second kappa shape index (κ2) is 8.93. The Bertz CT molecular complexity index is 1140.